The minimum absolute atomic E-state index is 0.0193. The second-order valence-electron chi connectivity index (χ2n) is 21.5. The fraction of sp³-hybridized carbons (Fsp3) is 0.238. The Kier molecular flexibility index (Phi) is 8.05. The SMILES string of the molecule is [2H]C1(c2ccccc2-c2ccc(N(c3ccc4c(c3)-c3ccccc3C4(C)C)c3ccc4c(c3)C3(c5ccccc5-4)c4cc(C(C)(C)C)ccc4-c4ccc(C(C)(C)C)cc43)cc2)CC1. The van der Waals surface area contributed by atoms with E-state index in [9.17, 15) is 0 Å². The fourth-order valence-corrected chi connectivity index (χ4v) is 11.7. The van der Waals surface area contributed by atoms with E-state index in [1.807, 2.05) is 0 Å². The molecular weight excluding hydrogens is 771 g/mol. The van der Waals surface area contributed by atoms with Crippen LogP contribution in [0.15, 0.2) is 170 Å². The summed E-state index contributed by atoms with van der Waals surface area (Å²) in [6, 6.07) is 64.9. The molecule has 1 fully saturated rings. The van der Waals surface area contributed by atoms with Crippen LogP contribution in [0.2, 0.25) is 0 Å². The highest BCUT2D eigenvalue weighted by Gasteiger charge is 2.52. The van der Waals surface area contributed by atoms with Crippen molar-refractivity contribution in [3.8, 4) is 44.5 Å². The molecule has 0 bridgehead atoms. The van der Waals surface area contributed by atoms with Gasteiger partial charge in [-0.1, -0.05) is 189 Å². The largest absolute Gasteiger partial charge is 0.310 e. The standard InChI is InChI=1S/C63H57N/c1-60(2,3)41-25-31-50-51-32-26-42(61(4,5)6)36-58(51)63(57(50)35-41)56-20-14-12-17-48(56)52-33-29-45(38-59(52)63)64(43-27-23-40(24-28-43)47-16-10-9-15-46(47)39-21-22-39)44-30-34-55-53(37-44)49-18-11-13-19-54(49)62(55,7)8/h9-20,23-39H,21-22H2,1-8H3/i39D. The molecule has 8 aromatic rings. The molecule has 0 heterocycles. The fourth-order valence-electron chi connectivity index (χ4n) is 11.7. The van der Waals surface area contributed by atoms with Gasteiger partial charge >= 0.3 is 0 Å². The Bertz CT molecular complexity index is 3210. The molecule has 314 valence electrons. The zero-order valence-electron chi connectivity index (χ0n) is 39.5. The summed E-state index contributed by atoms with van der Waals surface area (Å²) in [5.74, 6) is -0.480. The maximum Gasteiger partial charge on any atom is 0.0726 e. The van der Waals surface area contributed by atoms with Crippen LogP contribution in [-0.2, 0) is 21.7 Å². The van der Waals surface area contributed by atoms with Gasteiger partial charge in [-0.15, -0.1) is 0 Å². The lowest BCUT2D eigenvalue weighted by atomic mass is 9.68. The van der Waals surface area contributed by atoms with Gasteiger partial charge in [0.1, 0.15) is 0 Å². The van der Waals surface area contributed by atoms with Crippen molar-refractivity contribution in [1.29, 1.82) is 0 Å². The van der Waals surface area contributed by atoms with E-state index in [-0.39, 0.29) is 16.2 Å². The number of hydrogen-bond donors (Lipinski definition) is 0. The molecule has 0 saturated heterocycles. The Morgan fingerprint density at radius 2 is 0.875 bits per heavy atom. The van der Waals surface area contributed by atoms with Crippen molar-refractivity contribution in [3.63, 3.8) is 0 Å². The van der Waals surface area contributed by atoms with Gasteiger partial charge in [-0.25, -0.2) is 0 Å². The van der Waals surface area contributed by atoms with Crippen LogP contribution >= 0.6 is 0 Å². The summed E-state index contributed by atoms with van der Waals surface area (Å²) in [6.45, 7) is 18.7. The summed E-state index contributed by atoms with van der Waals surface area (Å²) >= 11 is 0. The number of anilines is 3. The Labute approximate surface area is 381 Å². The van der Waals surface area contributed by atoms with Crippen LogP contribution in [0.5, 0.6) is 0 Å². The predicted molar refractivity (Wildman–Crippen MR) is 270 cm³/mol. The first-order valence-electron chi connectivity index (χ1n) is 23.9. The number of hydrogen-bond acceptors (Lipinski definition) is 1. The first-order chi connectivity index (χ1) is 31.1. The average molecular weight is 829 g/mol. The Hall–Kier alpha value is -6.44. The average Bonchev–Trinajstić information content (AvgIpc) is 3.82. The maximum atomic E-state index is 9.09. The second kappa shape index (κ2) is 13.5. The smallest absolute Gasteiger partial charge is 0.0726 e. The van der Waals surface area contributed by atoms with Crippen LogP contribution in [0, 0.1) is 0 Å². The zero-order valence-corrected chi connectivity index (χ0v) is 38.5. The van der Waals surface area contributed by atoms with Crippen LogP contribution in [0.4, 0.5) is 17.1 Å². The Morgan fingerprint density at radius 1 is 0.422 bits per heavy atom. The summed E-state index contributed by atoms with van der Waals surface area (Å²) < 4.78 is 9.09. The van der Waals surface area contributed by atoms with Crippen LogP contribution in [0.25, 0.3) is 44.5 Å². The molecule has 0 amide bonds. The first kappa shape index (κ1) is 38.1. The van der Waals surface area contributed by atoms with Crippen LogP contribution in [0.1, 0.15) is 126 Å². The third kappa shape index (κ3) is 5.62. The van der Waals surface area contributed by atoms with Gasteiger partial charge in [-0.2, -0.15) is 0 Å². The van der Waals surface area contributed by atoms with E-state index >= 15 is 0 Å². The molecule has 12 rings (SSSR count). The van der Waals surface area contributed by atoms with Crippen molar-refractivity contribution in [3.05, 3.63) is 220 Å². The zero-order chi connectivity index (χ0) is 44.8. The molecule has 0 aliphatic heterocycles. The highest BCUT2D eigenvalue weighted by Crippen LogP contribution is 2.64. The molecule has 0 unspecified atom stereocenters. The molecule has 0 radical (unpaired) electrons. The van der Waals surface area contributed by atoms with Crippen molar-refractivity contribution < 1.29 is 1.37 Å². The van der Waals surface area contributed by atoms with Crippen LogP contribution in [-0.4, -0.2) is 0 Å². The van der Waals surface area contributed by atoms with Crippen LogP contribution < -0.4 is 4.90 Å². The third-order valence-electron chi connectivity index (χ3n) is 15.2. The first-order valence-corrected chi connectivity index (χ1v) is 23.4. The predicted octanol–water partition coefficient (Wildman–Crippen LogP) is 16.9. The molecule has 0 atom stereocenters. The quantitative estimate of drug-likeness (QED) is 0.167. The molecule has 0 N–H and O–H groups in total. The molecule has 1 spiro atoms. The summed E-state index contributed by atoms with van der Waals surface area (Å²) in [4.78, 5) is 2.49. The summed E-state index contributed by atoms with van der Waals surface area (Å²) in [5.41, 5.74) is 25.0. The van der Waals surface area contributed by atoms with E-state index in [0.717, 1.165) is 46.6 Å². The topological polar surface area (TPSA) is 3.24 Å². The van der Waals surface area contributed by atoms with Crippen molar-refractivity contribution in [2.75, 3.05) is 4.90 Å². The summed E-state index contributed by atoms with van der Waals surface area (Å²) in [7, 11) is 0. The van der Waals surface area contributed by atoms with Crippen molar-refractivity contribution in [2.24, 2.45) is 0 Å². The monoisotopic (exact) mass is 828 g/mol. The number of fused-ring (bicyclic) bond motifs is 13. The minimum Gasteiger partial charge on any atom is -0.310 e. The van der Waals surface area contributed by atoms with Gasteiger partial charge in [0.2, 0.25) is 0 Å². The third-order valence-corrected chi connectivity index (χ3v) is 15.2. The number of rotatable bonds is 5. The van der Waals surface area contributed by atoms with Crippen molar-refractivity contribution in [1.82, 2.24) is 0 Å². The van der Waals surface area contributed by atoms with E-state index in [4.69, 9.17) is 1.37 Å². The highest BCUT2D eigenvalue weighted by molar-refractivity contribution is 5.97. The normalized spacial score (nSPS) is 16.6. The van der Waals surface area contributed by atoms with Gasteiger partial charge in [-0.05, 0) is 161 Å². The minimum atomic E-state index is -0.510. The second-order valence-corrected chi connectivity index (χ2v) is 21.5. The van der Waals surface area contributed by atoms with Gasteiger partial charge in [0.05, 0.1) is 5.41 Å². The van der Waals surface area contributed by atoms with E-state index in [1.54, 1.807) is 0 Å². The highest BCUT2D eigenvalue weighted by atomic mass is 15.1. The molecule has 4 aliphatic carbocycles. The van der Waals surface area contributed by atoms with Crippen molar-refractivity contribution in [2.45, 2.75) is 95.8 Å². The lowest BCUT2D eigenvalue weighted by Gasteiger charge is -2.34. The summed E-state index contributed by atoms with van der Waals surface area (Å²) in [6.07, 6.45) is 1.84. The molecule has 0 aromatic heterocycles. The van der Waals surface area contributed by atoms with Gasteiger partial charge in [-0.3, -0.25) is 0 Å². The lowest BCUT2D eigenvalue weighted by molar-refractivity contribution is 0.586. The Balaban J connectivity index is 1.11. The van der Waals surface area contributed by atoms with E-state index in [2.05, 4.69) is 230 Å². The molecule has 1 heteroatoms. The summed E-state index contributed by atoms with van der Waals surface area (Å²) in [5, 5.41) is 0. The molecule has 8 aromatic carbocycles. The maximum absolute atomic E-state index is 9.09. The number of nitrogens with zero attached hydrogens (tertiary/aromatic N) is 1. The van der Waals surface area contributed by atoms with Gasteiger partial charge in [0, 0.05) is 23.8 Å². The lowest BCUT2D eigenvalue weighted by Crippen LogP contribution is -2.27. The van der Waals surface area contributed by atoms with Gasteiger partial charge in [0.15, 0.2) is 0 Å². The Morgan fingerprint density at radius 3 is 1.48 bits per heavy atom. The molecule has 1 nitrogen and oxygen atoms in total. The van der Waals surface area contributed by atoms with Gasteiger partial charge in [0.25, 0.3) is 0 Å². The van der Waals surface area contributed by atoms with E-state index in [1.165, 1.54) is 77.9 Å². The van der Waals surface area contributed by atoms with E-state index < -0.39 is 11.3 Å². The molecular formula is C63H57N. The molecule has 4 aliphatic rings. The van der Waals surface area contributed by atoms with Crippen LogP contribution in [0.3, 0.4) is 0 Å². The van der Waals surface area contributed by atoms with E-state index in [0.29, 0.717) is 0 Å². The van der Waals surface area contributed by atoms with Gasteiger partial charge < -0.3 is 4.90 Å². The number of benzene rings is 8. The molecule has 1 saturated carbocycles. The van der Waals surface area contributed by atoms with Crippen molar-refractivity contribution >= 4 is 17.1 Å². The molecule has 64 heavy (non-hydrogen) atoms.